The summed E-state index contributed by atoms with van der Waals surface area (Å²) in [5.41, 5.74) is 1.73. The smallest absolute Gasteiger partial charge is 0.263 e. The Balaban J connectivity index is 1.59. The van der Waals surface area contributed by atoms with E-state index in [1.54, 1.807) is 6.07 Å². The van der Waals surface area contributed by atoms with E-state index in [9.17, 15) is 4.79 Å². The Kier molecular flexibility index (Phi) is 4.61. The van der Waals surface area contributed by atoms with Gasteiger partial charge in [-0.2, -0.15) is 5.10 Å². The average molecular weight is 341 g/mol. The van der Waals surface area contributed by atoms with Crippen molar-refractivity contribution in [3.8, 4) is 11.5 Å². The number of aromatic nitrogens is 2. The predicted molar refractivity (Wildman–Crippen MR) is 95.1 cm³/mol. The first-order valence-corrected chi connectivity index (χ1v) is 8.41. The summed E-state index contributed by atoms with van der Waals surface area (Å²) < 4.78 is 11.6. The first-order chi connectivity index (χ1) is 11.8. The molecule has 0 saturated carbocycles. The topological polar surface area (TPSA) is 73.3 Å². The van der Waals surface area contributed by atoms with Gasteiger partial charge in [0.15, 0.2) is 23.9 Å². The molecule has 1 aromatic carbocycles. The zero-order valence-corrected chi connectivity index (χ0v) is 15.0. The molecule has 2 aromatic rings. The molecule has 1 aromatic heterocycles. The molecule has 6 heteroatoms. The second kappa shape index (κ2) is 6.70. The summed E-state index contributed by atoms with van der Waals surface area (Å²) in [6.07, 6.45) is 0.823. The predicted octanol–water partition coefficient (Wildman–Crippen LogP) is 3.33. The molecule has 0 saturated heterocycles. The van der Waals surface area contributed by atoms with Crippen LogP contribution in [-0.2, 0) is 11.2 Å². The van der Waals surface area contributed by atoms with Crippen LogP contribution in [-0.4, -0.2) is 28.3 Å². The number of para-hydroxylation sites is 1. The minimum absolute atomic E-state index is 0.117. The highest BCUT2D eigenvalue weighted by Gasteiger charge is 2.32. The molecular weight excluding hydrogens is 318 g/mol. The van der Waals surface area contributed by atoms with Crippen molar-refractivity contribution in [3.63, 3.8) is 0 Å². The fourth-order valence-corrected chi connectivity index (χ4v) is 2.74. The molecule has 0 spiro atoms. The molecule has 1 aliphatic rings. The largest absolute Gasteiger partial charge is 0.483 e. The van der Waals surface area contributed by atoms with E-state index < -0.39 is 0 Å². The van der Waals surface area contributed by atoms with E-state index in [1.165, 1.54) is 0 Å². The molecule has 0 bridgehead atoms. The zero-order chi connectivity index (χ0) is 18.0. The summed E-state index contributed by atoms with van der Waals surface area (Å²) in [5, 5.41) is 10.8. The zero-order valence-electron chi connectivity index (χ0n) is 15.0. The van der Waals surface area contributed by atoms with Gasteiger partial charge in [0.1, 0.15) is 5.60 Å². The molecule has 1 N–H and O–H groups in total. The van der Waals surface area contributed by atoms with Gasteiger partial charge in [-0.25, -0.2) is 0 Å². The second-order valence-corrected chi connectivity index (χ2v) is 7.12. The molecule has 0 radical (unpaired) electrons. The lowest BCUT2D eigenvalue weighted by Crippen LogP contribution is -2.25. The van der Waals surface area contributed by atoms with Crippen molar-refractivity contribution in [2.75, 3.05) is 11.9 Å². The van der Waals surface area contributed by atoms with Crippen LogP contribution < -0.4 is 14.8 Å². The van der Waals surface area contributed by atoms with Gasteiger partial charge in [-0.15, -0.1) is 5.10 Å². The highest BCUT2D eigenvalue weighted by Crippen LogP contribution is 2.41. The maximum absolute atomic E-state index is 12.1. The highest BCUT2D eigenvalue weighted by molar-refractivity contribution is 5.90. The quantitative estimate of drug-likeness (QED) is 0.903. The van der Waals surface area contributed by atoms with Crippen LogP contribution in [0.25, 0.3) is 0 Å². The van der Waals surface area contributed by atoms with E-state index >= 15 is 0 Å². The van der Waals surface area contributed by atoms with Gasteiger partial charge in [0.25, 0.3) is 5.91 Å². The summed E-state index contributed by atoms with van der Waals surface area (Å²) in [4.78, 5) is 12.1. The summed E-state index contributed by atoms with van der Waals surface area (Å²) in [6.45, 7) is 8.02. The molecule has 2 heterocycles. The fourth-order valence-electron chi connectivity index (χ4n) is 2.74. The number of hydrogen-bond donors (Lipinski definition) is 1. The van der Waals surface area contributed by atoms with E-state index in [1.807, 2.05) is 52.0 Å². The van der Waals surface area contributed by atoms with Crippen molar-refractivity contribution < 1.29 is 14.3 Å². The van der Waals surface area contributed by atoms with Crippen molar-refractivity contribution in [1.82, 2.24) is 10.2 Å². The van der Waals surface area contributed by atoms with Gasteiger partial charge < -0.3 is 14.8 Å². The Bertz CT molecular complexity index is 770. The second-order valence-electron chi connectivity index (χ2n) is 7.12. The number of benzene rings is 1. The van der Waals surface area contributed by atoms with E-state index in [0.717, 1.165) is 23.4 Å². The third-order valence-corrected chi connectivity index (χ3v) is 3.96. The van der Waals surface area contributed by atoms with Crippen LogP contribution in [0.4, 0.5) is 5.82 Å². The fraction of sp³-hybridized carbons (Fsp3) is 0.421. The number of nitrogens with one attached hydrogen (secondary N) is 1. The highest BCUT2D eigenvalue weighted by atomic mass is 16.5. The Morgan fingerprint density at radius 2 is 2.08 bits per heavy atom. The first-order valence-electron chi connectivity index (χ1n) is 8.41. The SMILES string of the molecule is CC(C)c1ccc(NC(=O)COc2cccc3c2OC(C)(C)C3)nn1. The number of nitrogens with zero attached hydrogens (tertiary/aromatic N) is 2. The van der Waals surface area contributed by atoms with Gasteiger partial charge in [-0.1, -0.05) is 26.0 Å². The number of carbonyl (C=O) groups is 1. The maximum Gasteiger partial charge on any atom is 0.263 e. The Labute approximate surface area is 147 Å². The number of ether oxygens (including phenoxy) is 2. The lowest BCUT2D eigenvalue weighted by atomic mass is 10.0. The molecule has 132 valence electrons. The van der Waals surface area contributed by atoms with Crippen LogP contribution in [0, 0.1) is 0 Å². The van der Waals surface area contributed by atoms with Crippen molar-refractivity contribution in [1.29, 1.82) is 0 Å². The van der Waals surface area contributed by atoms with Gasteiger partial charge in [0.05, 0.1) is 5.69 Å². The summed E-state index contributed by atoms with van der Waals surface area (Å²) in [6, 6.07) is 9.33. The number of amides is 1. The standard InChI is InChI=1S/C19H23N3O3/c1-12(2)14-8-9-16(22-21-14)20-17(23)11-24-15-7-5-6-13-10-19(3,4)25-18(13)15/h5-9,12H,10-11H2,1-4H3,(H,20,22,23). The number of fused-ring (bicyclic) bond motifs is 1. The van der Waals surface area contributed by atoms with Crippen LogP contribution >= 0.6 is 0 Å². The molecule has 0 atom stereocenters. The van der Waals surface area contributed by atoms with E-state index in [4.69, 9.17) is 9.47 Å². The number of rotatable bonds is 5. The minimum Gasteiger partial charge on any atom is -0.483 e. The van der Waals surface area contributed by atoms with Crippen LogP contribution in [0.5, 0.6) is 11.5 Å². The third kappa shape index (κ3) is 4.07. The van der Waals surface area contributed by atoms with Crippen LogP contribution in [0.3, 0.4) is 0 Å². The van der Waals surface area contributed by atoms with Gasteiger partial charge in [0, 0.05) is 12.0 Å². The molecule has 1 aliphatic heterocycles. The van der Waals surface area contributed by atoms with Crippen molar-refractivity contribution in [2.45, 2.75) is 45.6 Å². The molecule has 0 fully saturated rings. The lowest BCUT2D eigenvalue weighted by Gasteiger charge is -2.18. The summed E-state index contributed by atoms with van der Waals surface area (Å²) in [5.74, 6) is 1.72. The van der Waals surface area contributed by atoms with Crippen molar-refractivity contribution >= 4 is 11.7 Å². The van der Waals surface area contributed by atoms with Crippen LogP contribution in [0.2, 0.25) is 0 Å². The molecule has 1 amide bonds. The van der Waals surface area contributed by atoms with Crippen LogP contribution in [0.15, 0.2) is 30.3 Å². The molecule has 0 unspecified atom stereocenters. The third-order valence-electron chi connectivity index (χ3n) is 3.96. The average Bonchev–Trinajstić information content (AvgIpc) is 2.87. The summed E-state index contributed by atoms with van der Waals surface area (Å²) >= 11 is 0. The number of anilines is 1. The normalized spacial score (nSPS) is 14.8. The van der Waals surface area contributed by atoms with Crippen molar-refractivity contribution in [2.24, 2.45) is 0 Å². The molecule has 25 heavy (non-hydrogen) atoms. The number of hydrogen-bond acceptors (Lipinski definition) is 5. The minimum atomic E-state index is -0.290. The number of carbonyl (C=O) groups excluding carboxylic acids is 1. The van der Waals surface area contributed by atoms with Gasteiger partial charge in [-0.3, -0.25) is 4.79 Å². The molecule has 3 rings (SSSR count). The lowest BCUT2D eigenvalue weighted by molar-refractivity contribution is -0.118. The van der Waals surface area contributed by atoms with Gasteiger partial charge in [-0.05, 0) is 38.0 Å². The van der Waals surface area contributed by atoms with E-state index in [2.05, 4.69) is 15.5 Å². The maximum atomic E-state index is 12.1. The van der Waals surface area contributed by atoms with Gasteiger partial charge in [0.2, 0.25) is 0 Å². The Hall–Kier alpha value is -2.63. The first kappa shape index (κ1) is 17.2. The Morgan fingerprint density at radius 3 is 2.76 bits per heavy atom. The molecule has 6 nitrogen and oxygen atoms in total. The van der Waals surface area contributed by atoms with Crippen molar-refractivity contribution in [3.05, 3.63) is 41.6 Å². The van der Waals surface area contributed by atoms with Crippen LogP contribution in [0.1, 0.15) is 44.9 Å². The van der Waals surface area contributed by atoms with Gasteiger partial charge >= 0.3 is 0 Å². The monoisotopic (exact) mass is 341 g/mol. The van der Waals surface area contributed by atoms with E-state index in [-0.39, 0.29) is 18.1 Å². The molecular formula is C19H23N3O3. The van der Waals surface area contributed by atoms with E-state index in [0.29, 0.717) is 17.5 Å². The Morgan fingerprint density at radius 1 is 1.28 bits per heavy atom. The molecule has 0 aliphatic carbocycles. The summed E-state index contributed by atoms with van der Waals surface area (Å²) in [7, 11) is 0.